The van der Waals surface area contributed by atoms with Crippen molar-refractivity contribution in [1.29, 1.82) is 0 Å². The molecule has 0 bridgehead atoms. The third-order valence-corrected chi connectivity index (χ3v) is 6.83. The Labute approximate surface area is 177 Å². The molecule has 1 aliphatic rings. The van der Waals surface area contributed by atoms with Gasteiger partial charge in [-0.2, -0.15) is 4.31 Å². The summed E-state index contributed by atoms with van der Waals surface area (Å²) in [5.41, 5.74) is -0.0669. The van der Waals surface area contributed by atoms with Crippen molar-refractivity contribution in [1.82, 2.24) is 9.21 Å². The van der Waals surface area contributed by atoms with Gasteiger partial charge in [0.05, 0.1) is 27.1 Å². The summed E-state index contributed by atoms with van der Waals surface area (Å²) >= 11 is 5.98. The predicted octanol–water partition coefficient (Wildman–Crippen LogP) is 2.33. The minimum absolute atomic E-state index is 0.00964. The normalized spacial score (nSPS) is 15.7. The number of nitrogens with one attached hydrogen (secondary N) is 1. The molecular formula is C18H18ClFN4O5S. The first-order valence-electron chi connectivity index (χ1n) is 8.88. The van der Waals surface area contributed by atoms with E-state index < -0.39 is 26.7 Å². The van der Waals surface area contributed by atoms with E-state index in [0.29, 0.717) is 13.1 Å². The molecule has 3 rings (SSSR count). The molecule has 1 aliphatic heterocycles. The number of nitrogens with zero attached hydrogens (tertiary/aromatic N) is 3. The van der Waals surface area contributed by atoms with E-state index in [9.17, 15) is 27.7 Å². The Morgan fingerprint density at radius 3 is 2.37 bits per heavy atom. The first-order valence-corrected chi connectivity index (χ1v) is 10.7. The van der Waals surface area contributed by atoms with E-state index in [1.54, 1.807) is 4.90 Å². The second kappa shape index (κ2) is 9.04. The molecule has 0 atom stereocenters. The highest BCUT2D eigenvalue weighted by molar-refractivity contribution is 7.89. The lowest BCUT2D eigenvalue weighted by Gasteiger charge is -2.33. The van der Waals surface area contributed by atoms with E-state index in [0.717, 1.165) is 12.1 Å². The van der Waals surface area contributed by atoms with Gasteiger partial charge in [0.15, 0.2) is 0 Å². The summed E-state index contributed by atoms with van der Waals surface area (Å²) in [6.45, 7) is 0.950. The van der Waals surface area contributed by atoms with Gasteiger partial charge in [-0.25, -0.2) is 12.8 Å². The van der Waals surface area contributed by atoms with Crippen LogP contribution in [0, 0.1) is 15.9 Å². The van der Waals surface area contributed by atoms with Crippen LogP contribution in [-0.4, -0.2) is 61.2 Å². The van der Waals surface area contributed by atoms with E-state index in [-0.39, 0.29) is 40.9 Å². The molecule has 1 saturated heterocycles. The van der Waals surface area contributed by atoms with Crippen molar-refractivity contribution in [2.75, 3.05) is 38.0 Å². The van der Waals surface area contributed by atoms with E-state index in [1.807, 2.05) is 0 Å². The van der Waals surface area contributed by atoms with Crippen LogP contribution in [0.4, 0.5) is 15.8 Å². The number of piperazine rings is 1. The number of anilines is 1. The first-order chi connectivity index (χ1) is 14.2. The predicted molar refractivity (Wildman–Crippen MR) is 108 cm³/mol. The molecule has 1 heterocycles. The summed E-state index contributed by atoms with van der Waals surface area (Å²) in [7, 11) is -3.74. The smallest absolute Gasteiger partial charge is 0.271 e. The Morgan fingerprint density at radius 1 is 1.13 bits per heavy atom. The summed E-state index contributed by atoms with van der Waals surface area (Å²) in [6, 6.07) is 8.35. The molecule has 1 fully saturated rings. The van der Waals surface area contributed by atoms with Crippen LogP contribution in [0.2, 0.25) is 5.02 Å². The average molecular weight is 457 g/mol. The summed E-state index contributed by atoms with van der Waals surface area (Å²) < 4.78 is 39.6. The average Bonchev–Trinajstić information content (AvgIpc) is 2.70. The first kappa shape index (κ1) is 22.1. The maximum Gasteiger partial charge on any atom is 0.271 e. The Morgan fingerprint density at radius 2 is 1.77 bits per heavy atom. The SMILES string of the molecule is O=C(CN1CCN(S(=O)(=O)c2ccc(F)cc2)CC1)Nc1cc([N+](=O)[O-])ccc1Cl. The third-order valence-electron chi connectivity index (χ3n) is 4.58. The highest BCUT2D eigenvalue weighted by Gasteiger charge is 2.29. The summed E-state index contributed by atoms with van der Waals surface area (Å²) in [6.07, 6.45) is 0. The van der Waals surface area contributed by atoms with Crippen LogP contribution in [0.5, 0.6) is 0 Å². The topological polar surface area (TPSA) is 113 Å². The molecule has 160 valence electrons. The van der Waals surface area contributed by atoms with Crippen molar-refractivity contribution in [3.63, 3.8) is 0 Å². The number of carbonyl (C=O) groups is 1. The van der Waals surface area contributed by atoms with Gasteiger partial charge in [0.1, 0.15) is 5.82 Å². The van der Waals surface area contributed by atoms with Gasteiger partial charge in [-0.05, 0) is 30.3 Å². The maximum atomic E-state index is 13.0. The largest absolute Gasteiger partial charge is 0.323 e. The standard InChI is InChI=1S/C18H18ClFN4O5S/c19-16-6-3-14(24(26)27)11-17(16)21-18(25)12-22-7-9-23(10-8-22)30(28,29)15-4-1-13(20)2-5-15/h1-6,11H,7-10,12H2,(H,21,25). The molecule has 12 heteroatoms. The van der Waals surface area contributed by atoms with E-state index in [1.165, 1.54) is 34.6 Å². The molecule has 0 unspecified atom stereocenters. The summed E-state index contributed by atoms with van der Waals surface area (Å²) in [5.74, 6) is -0.944. The van der Waals surface area contributed by atoms with Gasteiger partial charge in [0.2, 0.25) is 15.9 Å². The van der Waals surface area contributed by atoms with Gasteiger partial charge in [-0.1, -0.05) is 11.6 Å². The highest BCUT2D eigenvalue weighted by Crippen LogP contribution is 2.26. The summed E-state index contributed by atoms with van der Waals surface area (Å²) in [4.78, 5) is 24.3. The number of non-ortho nitro benzene ring substituents is 1. The molecule has 0 aromatic heterocycles. The molecular weight excluding hydrogens is 439 g/mol. The molecule has 30 heavy (non-hydrogen) atoms. The molecule has 9 nitrogen and oxygen atoms in total. The molecule has 1 N–H and O–H groups in total. The molecule has 1 amide bonds. The number of halogens is 2. The Balaban J connectivity index is 1.57. The fourth-order valence-corrected chi connectivity index (χ4v) is 4.59. The monoisotopic (exact) mass is 456 g/mol. The molecule has 2 aromatic rings. The number of hydrogen-bond donors (Lipinski definition) is 1. The number of nitro groups is 1. The lowest BCUT2D eigenvalue weighted by atomic mass is 10.2. The zero-order valence-corrected chi connectivity index (χ0v) is 17.2. The van der Waals surface area contributed by atoms with Crippen LogP contribution in [-0.2, 0) is 14.8 Å². The minimum atomic E-state index is -3.74. The number of rotatable bonds is 6. The fourth-order valence-electron chi connectivity index (χ4n) is 3.00. The third kappa shape index (κ3) is 5.11. The van der Waals surface area contributed by atoms with Crippen molar-refractivity contribution >= 4 is 38.9 Å². The van der Waals surface area contributed by atoms with Crippen LogP contribution in [0.3, 0.4) is 0 Å². The van der Waals surface area contributed by atoms with E-state index in [2.05, 4.69) is 5.32 Å². The molecule has 0 radical (unpaired) electrons. The van der Waals surface area contributed by atoms with Crippen LogP contribution >= 0.6 is 11.6 Å². The summed E-state index contributed by atoms with van der Waals surface area (Å²) in [5, 5.41) is 13.6. The van der Waals surface area contributed by atoms with E-state index in [4.69, 9.17) is 11.6 Å². The highest BCUT2D eigenvalue weighted by atomic mass is 35.5. The van der Waals surface area contributed by atoms with Crippen molar-refractivity contribution in [2.24, 2.45) is 0 Å². The zero-order valence-electron chi connectivity index (χ0n) is 15.6. The van der Waals surface area contributed by atoms with Crippen LogP contribution < -0.4 is 5.32 Å². The van der Waals surface area contributed by atoms with Gasteiger partial charge in [0.25, 0.3) is 5.69 Å². The van der Waals surface area contributed by atoms with E-state index >= 15 is 0 Å². The Bertz CT molecular complexity index is 1060. The lowest BCUT2D eigenvalue weighted by Crippen LogP contribution is -2.50. The minimum Gasteiger partial charge on any atom is -0.323 e. The van der Waals surface area contributed by atoms with Gasteiger partial charge in [-0.3, -0.25) is 19.8 Å². The molecule has 0 saturated carbocycles. The lowest BCUT2D eigenvalue weighted by molar-refractivity contribution is -0.384. The van der Waals surface area contributed by atoms with Crippen LogP contribution in [0.25, 0.3) is 0 Å². The van der Waals surface area contributed by atoms with Gasteiger partial charge >= 0.3 is 0 Å². The van der Waals surface area contributed by atoms with Crippen molar-refractivity contribution in [3.05, 3.63) is 63.4 Å². The molecule has 0 spiro atoms. The van der Waals surface area contributed by atoms with Crippen LogP contribution in [0.15, 0.2) is 47.4 Å². The van der Waals surface area contributed by atoms with Crippen molar-refractivity contribution in [2.45, 2.75) is 4.90 Å². The van der Waals surface area contributed by atoms with Crippen LogP contribution in [0.1, 0.15) is 0 Å². The molecule has 2 aromatic carbocycles. The Hall–Kier alpha value is -2.60. The zero-order chi connectivity index (χ0) is 21.9. The van der Waals surface area contributed by atoms with Gasteiger partial charge in [-0.15, -0.1) is 0 Å². The van der Waals surface area contributed by atoms with Crippen molar-refractivity contribution in [3.8, 4) is 0 Å². The van der Waals surface area contributed by atoms with Gasteiger partial charge in [0, 0.05) is 38.3 Å². The number of hydrogen-bond acceptors (Lipinski definition) is 6. The molecule has 0 aliphatic carbocycles. The number of benzene rings is 2. The van der Waals surface area contributed by atoms with Gasteiger partial charge < -0.3 is 5.32 Å². The second-order valence-corrected chi connectivity index (χ2v) is 8.95. The number of amides is 1. The van der Waals surface area contributed by atoms with Crippen molar-refractivity contribution < 1.29 is 22.5 Å². The Kier molecular flexibility index (Phi) is 6.66. The number of sulfonamides is 1. The fraction of sp³-hybridized carbons (Fsp3) is 0.278. The number of nitro benzene ring substituents is 1. The number of carbonyl (C=O) groups excluding carboxylic acids is 1. The quantitative estimate of drug-likeness (QED) is 0.527. The maximum absolute atomic E-state index is 13.0. The second-order valence-electron chi connectivity index (χ2n) is 6.60.